The number of nitrogens with zero attached hydrogens (tertiary/aromatic N) is 1. The van der Waals surface area contributed by atoms with Crippen molar-refractivity contribution in [2.24, 2.45) is 0 Å². The van der Waals surface area contributed by atoms with Gasteiger partial charge in [-0.3, -0.25) is 5.21 Å². The lowest BCUT2D eigenvalue weighted by Gasteiger charge is -2.05. The average Bonchev–Trinajstić information content (AvgIpc) is 2.34. The molecule has 10 heavy (non-hydrogen) atoms. The van der Waals surface area contributed by atoms with Gasteiger partial charge in [-0.25, -0.2) is 4.84 Å². The van der Waals surface area contributed by atoms with Gasteiger partial charge in [0.2, 0.25) is 0 Å². The minimum atomic E-state index is 0.465. The van der Waals surface area contributed by atoms with Gasteiger partial charge in [0.1, 0.15) is 12.3 Å². The van der Waals surface area contributed by atoms with Crippen molar-refractivity contribution < 1.29 is 10.0 Å². The molecule has 0 saturated carbocycles. The largest absolute Gasteiger partial charge is 0.264 e. The fraction of sp³-hybridized carbons (Fsp3) is 0.143. The molecule has 0 bridgehead atoms. The summed E-state index contributed by atoms with van der Waals surface area (Å²) in [4.78, 5) is 4.81. The molecule has 3 heteroatoms. The SMILES string of the molecule is ON1OCc2ccccc21. The summed E-state index contributed by atoms with van der Waals surface area (Å²) in [6.07, 6.45) is 0. The Morgan fingerprint density at radius 2 is 2.20 bits per heavy atom. The van der Waals surface area contributed by atoms with E-state index in [9.17, 15) is 0 Å². The third-order valence-corrected chi connectivity index (χ3v) is 1.54. The van der Waals surface area contributed by atoms with E-state index in [0.29, 0.717) is 6.61 Å². The van der Waals surface area contributed by atoms with Gasteiger partial charge < -0.3 is 0 Å². The van der Waals surface area contributed by atoms with E-state index in [2.05, 4.69) is 0 Å². The van der Waals surface area contributed by atoms with Gasteiger partial charge in [-0.1, -0.05) is 18.2 Å². The van der Waals surface area contributed by atoms with Crippen LogP contribution in [0.1, 0.15) is 5.56 Å². The number of anilines is 1. The van der Waals surface area contributed by atoms with Crippen LogP contribution in [0, 0.1) is 0 Å². The molecule has 1 aromatic rings. The van der Waals surface area contributed by atoms with Crippen LogP contribution in [0.2, 0.25) is 0 Å². The smallest absolute Gasteiger partial charge is 0.105 e. The average molecular weight is 137 g/mol. The minimum Gasteiger partial charge on any atom is -0.264 e. The Kier molecular flexibility index (Phi) is 1.12. The summed E-state index contributed by atoms with van der Waals surface area (Å²) in [7, 11) is 0. The Morgan fingerprint density at radius 1 is 1.40 bits per heavy atom. The molecule has 3 nitrogen and oxygen atoms in total. The highest BCUT2D eigenvalue weighted by molar-refractivity contribution is 5.51. The summed E-state index contributed by atoms with van der Waals surface area (Å²) < 4.78 is 0. The Bertz CT molecular complexity index is 249. The second kappa shape index (κ2) is 1.97. The number of rotatable bonds is 0. The third-order valence-electron chi connectivity index (χ3n) is 1.54. The Hall–Kier alpha value is -1.06. The van der Waals surface area contributed by atoms with Crippen LogP contribution in [-0.2, 0) is 11.4 Å². The van der Waals surface area contributed by atoms with Gasteiger partial charge in [-0.2, -0.15) is 0 Å². The molecule has 1 aromatic carbocycles. The first-order chi connectivity index (χ1) is 4.88. The first-order valence-corrected chi connectivity index (χ1v) is 3.08. The molecule has 0 unspecified atom stereocenters. The van der Waals surface area contributed by atoms with E-state index in [0.717, 1.165) is 16.5 Å². The standard InChI is InChI=1S/C7H7NO2/c9-8-7-4-2-1-3-6(7)5-10-8/h1-4,9H,5H2. The second-order valence-electron chi connectivity index (χ2n) is 2.18. The lowest BCUT2D eigenvalue weighted by atomic mass is 10.2. The van der Waals surface area contributed by atoms with Crippen LogP contribution in [0.25, 0.3) is 0 Å². The molecule has 1 aliphatic rings. The Labute approximate surface area is 58.4 Å². The molecular formula is C7H7NO2. The molecule has 0 radical (unpaired) electrons. The predicted octanol–water partition coefficient (Wildman–Crippen LogP) is 1.33. The molecule has 0 fully saturated rings. The summed E-state index contributed by atoms with van der Waals surface area (Å²) in [5, 5.41) is 9.79. The predicted molar refractivity (Wildman–Crippen MR) is 35.5 cm³/mol. The molecule has 2 rings (SSSR count). The zero-order valence-corrected chi connectivity index (χ0v) is 5.32. The van der Waals surface area contributed by atoms with Gasteiger partial charge in [0.05, 0.1) is 0 Å². The van der Waals surface area contributed by atoms with Gasteiger partial charge in [0, 0.05) is 5.56 Å². The third kappa shape index (κ3) is 0.683. The summed E-state index contributed by atoms with van der Waals surface area (Å²) in [6, 6.07) is 7.51. The minimum absolute atomic E-state index is 0.465. The van der Waals surface area contributed by atoms with Gasteiger partial charge in [-0.15, -0.1) is 5.23 Å². The van der Waals surface area contributed by atoms with Crippen molar-refractivity contribution in [2.75, 3.05) is 5.23 Å². The number of benzene rings is 1. The van der Waals surface area contributed by atoms with Crippen molar-refractivity contribution in [3.8, 4) is 0 Å². The van der Waals surface area contributed by atoms with Crippen molar-refractivity contribution in [3.05, 3.63) is 29.8 Å². The molecule has 0 spiro atoms. The molecule has 0 aliphatic carbocycles. The fourth-order valence-electron chi connectivity index (χ4n) is 1.02. The summed E-state index contributed by atoms with van der Waals surface area (Å²) in [6.45, 7) is 0.465. The van der Waals surface area contributed by atoms with Crippen LogP contribution >= 0.6 is 0 Å². The summed E-state index contributed by atoms with van der Waals surface area (Å²) in [5.74, 6) is 0. The summed E-state index contributed by atoms with van der Waals surface area (Å²) in [5.41, 5.74) is 1.76. The quantitative estimate of drug-likeness (QED) is 0.585. The maximum Gasteiger partial charge on any atom is 0.105 e. The Balaban J connectivity index is 2.51. The molecule has 0 saturated heterocycles. The topological polar surface area (TPSA) is 32.7 Å². The molecule has 1 aliphatic heterocycles. The van der Waals surface area contributed by atoms with E-state index in [4.69, 9.17) is 10.0 Å². The van der Waals surface area contributed by atoms with Crippen LogP contribution in [-0.4, -0.2) is 5.21 Å². The van der Waals surface area contributed by atoms with E-state index in [1.165, 1.54) is 0 Å². The van der Waals surface area contributed by atoms with Crippen LogP contribution in [0.15, 0.2) is 24.3 Å². The number of hydrogen-bond acceptors (Lipinski definition) is 3. The molecule has 0 amide bonds. The molecule has 1 N–H and O–H groups in total. The zero-order chi connectivity index (χ0) is 6.97. The highest BCUT2D eigenvalue weighted by Gasteiger charge is 2.16. The van der Waals surface area contributed by atoms with Gasteiger partial charge >= 0.3 is 0 Å². The molecule has 1 heterocycles. The zero-order valence-electron chi connectivity index (χ0n) is 5.32. The van der Waals surface area contributed by atoms with Crippen LogP contribution < -0.4 is 5.23 Å². The van der Waals surface area contributed by atoms with Crippen molar-refractivity contribution in [2.45, 2.75) is 6.61 Å². The second-order valence-corrected chi connectivity index (χ2v) is 2.18. The van der Waals surface area contributed by atoms with E-state index in [1.807, 2.05) is 24.3 Å². The Morgan fingerprint density at radius 3 is 3.00 bits per heavy atom. The fourth-order valence-corrected chi connectivity index (χ4v) is 1.02. The normalized spacial score (nSPS) is 15.5. The van der Waals surface area contributed by atoms with Crippen molar-refractivity contribution in [1.82, 2.24) is 0 Å². The van der Waals surface area contributed by atoms with Gasteiger partial charge in [-0.05, 0) is 6.07 Å². The number of hydrogen-bond donors (Lipinski definition) is 1. The maximum atomic E-state index is 8.99. The van der Waals surface area contributed by atoms with E-state index in [-0.39, 0.29) is 0 Å². The molecule has 0 atom stereocenters. The molecule has 0 aromatic heterocycles. The van der Waals surface area contributed by atoms with Crippen LogP contribution in [0.5, 0.6) is 0 Å². The van der Waals surface area contributed by atoms with E-state index < -0.39 is 0 Å². The van der Waals surface area contributed by atoms with Crippen molar-refractivity contribution in [1.29, 1.82) is 0 Å². The molecular weight excluding hydrogens is 130 g/mol. The molecule has 52 valence electrons. The highest BCUT2D eigenvalue weighted by atomic mass is 16.9. The highest BCUT2D eigenvalue weighted by Crippen LogP contribution is 2.25. The van der Waals surface area contributed by atoms with E-state index >= 15 is 0 Å². The first kappa shape index (κ1) is 5.70. The monoisotopic (exact) mass is 137 g/mol. The van der Waals surface area contributed by atoms with Crippen LogP contribution in [0.4, 0.5) is 5.69 Å². The van der Waals surface area contributed by atoms with Crippen molar-refractivity contribution >= 4 is 5.69 Å². The summed E-state index contributed by atoms with van der Waals surface area (Å²) >= 11 is 0. The number of fused-ring (bicyclic) bond motifs is 1. The van der Waals surface area contributed by atoms with Crippen LogP contribution in [0.3, 0.4) is 0 Å². The maximum absolute atomic E-state index is 8.99. The van der Waals surface area contributed by atoms with E-state index in [1.54, 1.807) is 0 Å². The number of para-hydroxylation sites is 1. The van der Waals surface area contributed by atoms with Gasteiger partial charge in [0.15, 0.2) is 0 Å². The van der Waals surface area contributed by atoms with Gasteiger partial charge in [0.25, 0.3) is 0 Å². The lowest BCUT2D eigenvalue weighted by Crippen LogP contribution is -2.10. The lowest BCUT2D eigenvalue weighted by molar-refractivity contribution is -0.0329. The first-order valence-electron chi connectivity index (χ1n) is 3.08. The van der Waals surface area contributed by atoms with Crippen molar-refractivity contribution in [3.63, 3.8) is 0 Å².